The molecule has 128 valence electrons. The number of hydrogen-bond acceptors (Lipinski definition) is 5. The van der Waals surface area contributed by atoms with Gasteiger partial charge in [0.2, 0.25) is 0 Å². The van der Waals surface area contributed by atoms with Crippen LogP contribution in [0.4, 0.5) is 0 Å². The predicted molar refractivity (Wildman–Crippen MR) is 91.0 cm³/mol. The fourth-order valence-electron chi connectivity index (χ4n) is 2.76. The molecule has 0 aromatic carbocycles. The molecule has 0 atom stereocenters. The Labute approximate surface area is 140 Å². The first-order chi connectivity index (χ1) is 11.7. The number of H-pyrrole nitrogens is 1. The van der Waals surface area contributed by atoms with Crippen molar-refractivity contribution >= 4 is 5.91 Å². The van der Waals surface area contributed by atoms with Crippen molar-refractivity contribution in [2.24, 2.45) is 0 Å². The Morgan fingerprint density at radius 1 is 1.25 bits per heavy atom. The van der Waals surface area contributed by atoms with Gasteiger partial charge in [-0.3, -0.25) is 9.59 Å². The molecule has 2 aromatic heterocycles. The number of nitrogens with zero attached hydrogens (tertiary/aromatic N) is 1. The lowest BCUT2D eigenvalue weighted by atomic mass is 10.2. The fraction of sp³-hybridized carbons (Fsp3) is 0.412. The molecule has 0 unspecified atom stereocenters. The molecule has 3 N–H and O–H groups in total. The average Bonchev–Trinajstić information content (AvgIpc) is 3.14. The molecule has 2 aromatic rings. The highest BCUT2D eigenvalue weighted by Gasteiger charge is 2.13. The van der Waals surface area contributed by atoms with Gasteiger partial charge < -0.3 is 24.9 Å². The highest BCUT2D eigenvalue weighted by atomic mass is 16.3. The van der Waals surface area contributed by atoms with Crippen molar-refractivity contribution < 1.29 is 9.21 Å². The molecule has 1 amide bonds. The van der Waals surface area contributed by atoms with Crippen molar-refractivity contribution in [2.75, 3.05) is 39.3 Å². The lowest BCUT2D eigenvalue weighted by Gasteiger charge is -2.27. The van der Waals surface area contributed by atoms with Crippen LogP contribution in [0.3, 0.4) is 0 Å². The van der Waals surface area contributed by atoms with E-state index in [0.717, 1.165) is 39.1 Å². The van der Waals surface area contributed by atoms with E-state index >= 15 is 0 Å². The fourth-order valence-corrected chi connectivity index (χ4v) is 2.76. The third-order valence-corrected chi connectivity index (χ3v) is 4.09. The molecule has 1 aliphatic rings. The van der Waals surface area contributed by atoms with E-state index in [1.165, 1.54) is 12.3 Å². The molecule has 3 heterocycles. The van der Waals surface area contributed by atoms with E-state index in [4.69, 9.17) is 4.42 Å². The maximum absolute atomic E-state index is 12.1. The third-order valence-electron chi connectivity index (χ3n) is 4.09. The first kappa shape index (κ1) is 16.5. The van der Waals surface area contributed by atoms with Gasteiger partial charge in [0.25, 0.3) is 11.5 Å². The van der Waals surface area contributed by atoms with Crippen LogP contribution in [0.25, 0.3) is 11.5 Å². The maximum Gasteiger partial charge on any atom is 0.261 e. The molecule has 0 aliphatic carbocycles. The van der Waals surface area contributed by atoms with Crippen LogP contribution in [-0.4, -0.2) is 55.1 Å². The van der Waals surface area contributed by atoms with Gasteiger partial charge in [0.15, 0.2) is 0 Å². The minimum Gasteiger partial charge on any atom is -0.463 e. The van der Waals surface area contributed by atoms with E-state index in [9.17, 15) is 9.59 Å². The Balaban J connectivity index is 1.50. The lowest BCUT2D eigenvalue weighted by molar-refractivity contribution is 0.0949. The smallest absolute Gasteiger partial charge is 0.261 e. The SMILES string of the molecule is O=C(NCCCN1CCNCC1)c1ccc(-c2ccco2)[nH]c1=O. The number of piperazine rings is 1. The number of aromatic amines is 1. The molecule has 0 spiro atoms. The molecule has 3 rings (SSSR count). The normalized spacial score (nSPS) is 15.3. The molecule has 7 nitrogen and oxygen atoms in total. The van der Waals surface area contributed by atoms with E-state index in [2.05, 4.69) is 20.5 Å². The number of hydrogen-bond donors (Lipinski definition) is 3. The predicted octanol–water partition coefficient (Wildman–Crippen LogP) is 0.660. The number of rotatable bonds is 6. The summed E-state index contributed by atoms with van der Waals surface area (Å²) in [5.74, 6) is 0.220. The second kappa shape index (κ2) is 7.94. The van der Waals surface area contributed by atoms with Crippen LogP contribution in [-0.2, 0) is 0 Å². The van der Waals surface area contributed by atoms with Crippen molar-refractivity contribution in [3.05, 3.63) is 46.4 Å². The minimum absolute atomic E-state index is 0.118. The van der Waals surface area contributed by atoms with E-state index in [1.54, 1.807) is 18.2 Å². The van der Waals surface area contributed by atoms with Gasteiger partial charge in [-0.15, -0.1) is 0 Å². The van der Waals surface area contributed by atoms with Crippen LogP contribution in [0, 0.1) is 0 Å². The summed E-state index contributed by atoms with van der Waals surface area (Å²) in [5, 5.41) is 6.12. The summed E-state index contributed by atoms with van der Waals surface area (Å²) in [4.78, 5) is 29.3. The number of pyridine rings is 1. The Morgan fingerprint density at radius 2 is 2.08 bits per heavy atom. The topological polar surface area (TPSA) is 90.4 Å². The molecule has 1 fully saturated rings. The minimum atomic E-state index is -0.413. The van der Waals surface area contributed by atoms with Crippen LogP contribution < -0.4 is 16.2 Å². The maximum atomic E-state index is 12.1. The Kier molecular flexibility index (Phi) is 5.45. The molecule has 7 heteroatoms. The van der Waals surface area contributed by atoms with Gasteiger partial charge >= 0.3 is 0 Å². The van der Waals surface area contributed by atoms with Gasteiger partial charge in [0.1, 0.15) is 11.3 Å². The van der Waals surface area contributed by atoms with Gasteiger partial charge in [-0.1, -0.05) is 0 Å². The number of carbonyl (C=O) groups is 1. The molecular weight excluding hydrogens is 308 g/mol. The molecule has 1 saturated heterocycles. The average molecular weight is 330 g/mol. The summed E-state index contributed by atoms with van der Waals surface area (Å²) in [6.45, 7) is 5.63. The van der Waals surface area contributed by atoms with Crippen molar-refractivity contribution in [1.29, 1.82) is 0 Å². The van der Waals surface area contributed by atoms with Crippen LogP contribution >= 0.6 is 0 Å². The lowest BCUT2D eigenvalue weighted by Crippen LogP contribution is -2.44. The summed E-state index contributed by atoms with van der Waals surface area (Å²) < 4.78 is 5.23. The second-order valence-corrected chi connectivity index (χ2v) is 5.79. The number of furan rings is 1. The summed E-state index contributed by atoms with van der Waals surface area (Å²) in [6.07, 6.45) is 2.40. The summed E-state index contributed by atoms with van der Waals surface area (Å²) in [6, 6.07) is 6.70. The molecule has 0 radical (unpaired) electrons. The quantitative estimate of drug-likeness (QED) is 0.677. The molecule has 24 heavy (non-hydrogen) atoms. The molecule has 0 bridgehead atoms. The number of nitrogens with one attached hydrogen (secondary N) is 3. The zero-order valence-electron chi connectivity index (χ0n) is 13.5. The van der Waals surface area contributed by atoms with Gasteiger partial charge in [-0.2, -0.15) is 0 Å². The van der Waals surface area contributed by atoms with Gasteiger partial charge in [-0.05, 0) is 37.2 Å². The Morgan fingerprint density at radius 3 is 2.79 bits per heavy atom. The first-order valence-corrected chi connectivity index (χ1v) is 8.22. The van der Waals surface area contributed by atoms with Crippen molar-refractivity contribution in [1.82, 2.24) is 20.5 Å². The highest BCUT2D eigenvalue weighted by Crippen LogP contribution is 2.15. The van der Waals surface area contributed by atoms with Crippen molar-refractivity contribution in [3.8, 4) is 11.5 Å². The van der Waals surface area contributed by atoms with Gasteiger partial charge in [0.05, 0.1) is 12.0 Å². The van der Waals surface area contributed by atoms with Crippen LogP contribution in [0.5, 0.6) is 0 Å². The monoisotopic (exact) mass is 330 g/mol. The zero-order chi connectivity index (χ0) is 16.8. The van der Waals surface area contributed by atoms with Gasteiger partial charge in [-0.25, -0.2) is 0 Å². The largest absolute Gasteiger partial charge is 0.463 e. The van der Waals surface area contributed by atoms with E-state index < -0.39 is 5.56 Å². The number of amides is 1. The van der Waals surface area contributed by atoms with Crippen molar-refractivity contribution in [2.45, 2.75) is 6.42 Å². The van der Waals surface area contributed by atoms with E-state index in [-0.39, 0.29) is 11.5 Å². The van der Waals surface area contributed by atoms with Crippen LogP contribution in [0.15, 0.2) is 39.7 Å². The van der Waals surface area contributed by atoms with Crippen LogP contribution in [0.2, 0.25) is 0 Å². The van der Waals surface area contributed by atoms with Crippen molar-refractivity contribution in [3.63, 3.8) is 0 Å². The number of carbonyl (C=O) groups excluding carboxylic acids is 1. The standard InChI is InChI=1S/C17H22N4O3/c22-16(19-6-2-9-21-10-7-18-8-11-21)13-4-5-14(20-17(13)23)15-3-1-12-24-15/h1,3-5,12,18H,2,6-11H2,(H,19,22)(H,20,23). The van der Waals surface area contributed by atoms with E-state index in [0.29, 0.717) is 18.0 Å². The summed E-state index contributed by atoms with van der Waals surface area (Å²) >= 11 is 0. The summed E-state index contributed by atoms with van der Waals surface area (Å²) in [5.41, 5.74) is 0.260. The Hall–Kier alpha value is -2.38. The summed E-state index contributed by atoms with van der Waals surface area (Å²) in [7, 11) is 0. The van der Waals surface area contributed by atoms with Gasteiger partial charge in [0, 0.05) is 32.7 Å². The second-order valence-electron chi connectivity index (χ2n) is 5.79. The first-order valence-electron chi connectivity index (χ1n) is 8.22. The Bertz CT molecular complexity index is 718. The highest BCUT2D eigenvalue weighted by molar-refractivity contribution is 5.93. The molecule has 0 saturated carbocycles. The molecule has 1 aliphatic heterocycles. The zero-order valence-corrected chi connectivity index (χ0v) is 13.5. The third kappa shape index (κ3) is 4.12. The molecular formula is C17H22N4O3. The van der Waals surface area contributed by atoms with Crippen LogP contribution in [0.1, 0.15) is 16.8 Å². The van der Waals surface area contributed by atoms with E-state index in [1.807, 2.05) is 0 Å². The number of aromatic nitrogens is 1.